The van der Waals surface area contributed by atoms with Crippen molar-refractivity contribution in [3.63, 3.8) is 0 Å². The van der Waals surface area contributed by atoms with Gasteiger partial charge in [-0.05, 0) is 38.2 Å². The molecule has 1 aliphatic heterocycles. The van der Waals surface area contributed by atoms with Crippen LogP contribution in [0, 0.1) is 5.82 Å². The van der Waals surface area contributed by atoms with E-state index in [2.05, 4.69) is 10.2 Å². The van der Waals surface area contributed by atoms with Gasteiger partial charge in [0.15, 0.2) is 0 Å². The molecule has 0 radical (unpaired) electrons. The van der Waals surface area contributed by atoms with Crippen molar-refractivity contribution >= 4 is 21.6 Å². The highest BCUT2D eigenvalue weighted by Crippen LogP contribution is 2.26. The molecule has 1 atom stereocenters. The average Bonchev–Trinajstić information content (AvgIpc) is 2.98. The molecule has 1 saturated heterocycles. The minimum absolute atomic E-state index is 0.0116. The highest BCUT2D eigenvalue weighted by atomic mass is 32.2. The Morgan fingerprint density at radius 1 is 1.48 bits per heavy atom. The van der Waals surface area contributed by atoms with Crippen LogP contribution in [0.1, 0.15) is 20.3 Å². The molecule has 0 unspecified atom stereocenters. The summed E-state index contributed by atoms with van der Waals surface area (Å²) in [7, 11) is -1.73. The number of anilines is 1. The van der Waals surface area contributed by atoms with E-state index >= 15 is 0 Å². The number of amides is 1. The predicted octanol–water partition coefficient (Wildman–Crippen LogP) is 1.50. The molecule has 0 bridgehead atoms. The van der Waals surface area contributed by atoms with Crippen LogP contribution in [-0.4, -0.2) is 56.3 Å². The fourth-order valence-corrected chi connectivity index (χ4v) is 4.17. The molecule has 0 aromatic heterocycles. The average molecular weight is 343 g/mol. The molecule has 2 rings (SSSR count). The lowest BCUT2D eigenvalue weighted by Gasteiger charge is -2.23. The molecular weight excluding hydrogens is 321 g/mol. The van der Waals surface area contributed by atoms with Gasteiger partial charge in [-0.1, -0.05) is 6.92 Å². The second kappa shape index (κ2) is 6.94. The van der Waals surface area contributed by atoms with Crippen molar-refractivity contribution in [2.75, 3.05) is 32.0 Å². The molecule has 128 valence electrons. The van der Waals surface area contributed by atoms with Crippen molar-refractivity contribution in [1.82, 2.24) is 9.21 Å². The highest BCUT2D eigenvalue weighted by molar-refractivity contribution is 7.89. The maximum absolute atomic E-state index is 13.7. The minimum Gasteiger partial charge on any atom is -0.324 e. The van der Waals surface area contributed by atoms with Crippen LogP contribution >= 0.6 is 0 Å². The van der Waals surface area contributed by atoms with Gasteiger partial charge in [0.2, 0.25) is 15.9 Å². The van der Waals surface area contributed by atoms with Crippen molar-refractivity contribution in [2.24, 2.45) is 0 Å². The molecule has 0 aliphatic carbocycles. The van der Waals surface area contributed by atoms with Crippen LogP contribution in [0.25, 0.3) is 0 Å². The Bertz CT molecular complexity index is 693. The molecule has 23 heavy (non-hydrogen) atoms. The van der Waals surface area contributed by atoms with Crippen LogP contribution in [0.5, 0.6) is 0 Å². The first-order valence-electron chi connectivity index (χ1n) is 7.53. The van der Waals surface area contributed by atoms with Crippen LogP contribution in [0.15, 0.2) is 23.1 Å². The Kier molecular flexibility index (Phi) is 5.38. The van der Waals surface area contributed by atoms with Crippen LogP contribution in [0.4, 0.5) is 10.1 Å². The quantitative estimate of drug-likeness (QED) is 0.880. The lowest BCUT2D eigenvalue weighted by molar-refractivity contribution is -0.114. The monoisotopic (exact) mass is 343 g/mol. The fourth-order valence-electron chi connectivity index (χ4n) is 2.65. The van der Waals surface area contributed by atoms with E-state index in [9.17, 15) is 17.6 Å². The van der Waals surface area contributed by atoms with Gasteiger partial charge in [0.25, 0.3) is 0 Å². The third-order valence-corrected chi connectivity index (χ3v) is 6.00. The number of rotatable bonds is 5. The molecule has 1 aromatic carbocycles. The number of nitrogens with zero attached hydrogens (tertiary/aromatic N) is 2. The zero-order chi connectivity index (χ0) is 17.2. The standard InChI is InChI=1S/C15H22FN3O3S/c1-4-18(3)12-7-8-19(10-12)23(21,22)13-5-6-14(16)15(9-13)17-11(2)20/h5-6,9,12H,4,7-8,10H2,1-3H3,(H,17,20)/t12-/m0/s1. The molecule has 1 aromatic rings. The van der Waals surface area contributed by atoms with Gasteiger partial charge in [0, 0.05) is 26.1 Å². The summed E-state index contributed by atoms with van der Waals surface area (Å²) in [5.74, 6) is -1.12. The third kappa shape index (κ3) is 3.88. The summed E-state index contributed by atoms with van der Waals surface area (Å²) < 4.78 is 40.5. The lowest BCUT2D eigenvalue weighted by atomic mass is 10.2. The SMILES string of the molecule is CCN(C)[C@H]1CCN(S(=O)(=O)c2ccc(F)c(NC(C)=O)c2)C1. The first-order valence-corrected chi connectivity index (χ1v) is 8.97. The summed E-state index contributed by atoms with van der Waals surface area (Å²) in [4.78, 5) is 13.2. The van der Waals surface area contributed by atoms with Gasteiger partial charge in [-0.15, -0.1) is 0 Å². The number of halogens is 1. The van der Waals surface area contributed by atoms with Gasteiger partial charge in [-0.25, -0.2) is 12.8 Å². The Hall–Kier alpha value is -1.51. The zero-order valence-electron chi connectivity index (χ0n) is 13.5. The second-order valence-corrected chi connectivity index (χ2v) is 7.64. The van der Waals surface area contributed by atoms with Gasteiger partial charge in [0.1, 0.15) is 5.82 Å². The zero-order valence-corrected chi connectivity index (χ0v) is 14.4. The smallest absolute Gasteiger partial charge is 0.243 e. The molecular formula is C15H22FN3O3S. The number of likely N-dealkylation sites (N-methyl/N-ethyl adjacent to an activating group) is 1. The van der Waals surface area contributed by atoms with E-state index in [4.69, 9.17) is 0 Å². The van der Waals surface area contributed by atoms with E-state index in [0.29, 0.717) is 13.1 Å². The highest BCUT2D eigenvalue weighted by Gasteiger charge is 2.34. The van der Waals surface area contributed by atoms with Crippen LogP contribution < -0.4 is 5.32 Å². The van der Waals surface area contributed by atoms with E-state index in [1.165, 1.54) is 23.4 Å². The van der Waals surface area contributed by atoms with E-state index in [-0.39, 0.29) is 16.6 Å². The number of carbonyl (C=O) groups is 1. The largest absolute Gasteiger partial charge is 0.324 e. The van der Waals surface area contributed by atoms with Gasteiger partial charge in [0.05, 0.1) is 10.6 Å². The topological polar surface area (TPSA) is 69.7 Å². The van der Waals surface area contributed by atoms with Crippen molar-refractivity contribution in [1.29, 1.82) is 0 Å². The third-order valence-electron chi connectivity index (χ3n) is 4.13. The van der Waals surface area contributed by atoms with Gasteiger partial charge < -0.3 is 10.2 Å². The molecule has 1 heterocycles. The second-order valence-electron chi connectivity index (χ2n) is 5.70. The number of hydrogen-bond acceptors (Lipinski definition) is 4. The van der Waals surface area contributed by atoms with E-state index < -0.39 is 21.7 Å². The Morgan fingerprint density at radius 3 is 2.78 bits per heavy atom. The molecule has 1 fully saturated rings. The number of carbonyl (C=O) groups excluding carboxylic acids is 1. The lowest BCUT2D eigenvalue weighted by Crippen LogP contribution is -2.36. The van der Waals surface area contributed by atoms with Gasteiger partial charge in [-0.2, -0.15) is 4.31 Å². The van der Waals surface area contributed by atoms with E-state index in [1.54, 1.807) is 0 Å². The Labute approximate surface area is 136 Å². The van der Waals surface area contributed by atoms with Crippen molar-refractivity contribution in [3.05, 3.63) is 24.0 Å². The Morgan fingerprint density at radius 2 is 2.17 bits per heavy atom. The van der Waals surface area contributed by atoms with Gasteiger partial charge in [-0.3, -0.25) is 4.79 Å². The number of nitrogens with one attached hydrogen (secondary N) is 1. The molecule has 6 nitrogen and oxygen atoms in total. The first-order chi connectivity index (χ1) is 10.8. The summed E-state index contributed by atoms with van der Waals surface area (Å²) in [5, 5.41) is 2.31. The molecule has 1 aliphatic rings. The summed E-state index contributed by atoms with van der Waals surface area (Å²) in [5.41, 5.74) is -0.125. The van der Waals surface area contributed by atoms with E-state index in [0.717, 1.165) is 19.0 Å². The molecule has 8 heteroatoms. The fraction of sp³-hybridized carbons (Fsp3) is 0.533. The van der Waals surface area contributed by atoms with Crippen LogP contribution in [0.3, 0.4) is 0 Å². The van der Waals surface area contributed by atoms with E-state index in [1.807, 2.05) is 14.0 Å². The summed E-state index contributed by atoms with van der Waals surface area (Å²) in [6, 6.07) is 3.64. The number of sulfonamides is 1. The maximum Gasteiger partial charge on any atom is 0.243 e. The molecule has 0 saturated carbocycles. The molecule has 1 amide bonds. The van der Waals surface area contributed by atoms with Crippen molar-refractivity contribution < 1.29 is 17.6 Å². The maximum atomic E-state index is 13.7. The predicted molar refractivity (Wildman–Crippen MR) is 86.2 cm³/mol. The first kappa shape index (κ1) is 17.8. The van der Waals surface area contributed by atoms with Crippen LogP contribution in [0.2, 0.25) is 0 Å². The van der Waals surface area contributed by atoms with Crippen molar-refractivity contribution in [3.8, 4) is 0 Å². The summed E-state index contributed by atoms with van der Waals surface area (Å²) in [6.45, 7) is 4.97. The van der Waals surface area contributed by atoms with Crippen molar-refractivity contribution in [2.45, 2.75) is 31.2 Å². The summed E-state index contributed by atoms with van der Waals surface area (Å²) in [6.07, 6.45) is 0.767. The van der Waals surface area contributed by atoms with Crippen LogP contribution in [-0.2, 0) is 14.8 Å². The normalized spacial score (nSPS) is 19.3. The van der Waals surface area contributed by atoms with Gasteiger partial charge >= 0.3 is 0 Å². The molecule has 0 spiro atoms. The number of hydrogen-bond donors (Lipinski definition) is 1. The number of benzene rings is 1. The minimum atomic E-state index is -3.70. The molecule has 1 N–H and O–H groups in total. The summed E-state index contributed by atoms with van der Waals surface area (Å²) >= 11 is 0. The Balaban J connectivity index is 2.25.